The molecule has 0 bridgehead atoms. The van der Waals surface area contributed by atoms with E-state index in [1.165, 1.54) is 17.4 Å². The summed E-state index contributed by atoms with van der Waals surface area (Å²) >= 11 is 6.38. The van der Waals surface area contributed by atoms with Crippen molar-refractivity contribution in [1.82, 2.24) is 9.71 Å². The highest BCUT2D eigenvalue weighted by Gasteiger charge is 2.17. The van der Waals surface area contributed by atoms with Crippen molar-refractivity contribution in [1.29, 1.82) is 0 Å². The van der Waals surface area contributed by atoms with E-state index < -0.39 is 10.0 Å². The lowest BCUT2D eigenvalue weighted by molar-refractivity contribution is 0.581. The molecule has 0 atom stereocenters. The molecule has 1 aromatic heterocycles. The van der Waals surface area contributed by atoms with Crippen molar-refractivity contribution >= 4 is 38.6 Å². The first-order chi connectivity index (χ1) is 9.90. The van der Waals surface area contributed by atoms with Crippen LogP contribution in [0.5, 0.6) is 0 Å². The minimum Gasteiger partial charge on any atom is -0.389 e. The maximum Gasteiger partial charge on any atom is 0.240 e. The summed E-state index contributed by atoms with van der Waals surface area (Å²) in [6, 6.07) is 4.92. The van der Waals surface area contributed by atoms with Crippen LogP contribution in [0.25, 0.3) is 0 Å². The molecule has 1 heterocycles. The molecule has 0 unspecified atom stereocenters. The average Bonchev–Trinajstić information content (AvgIpc) is 2.91. The number of nitrogens with one attached hydrogen (secondary N) is 1. The summed E-state index contributed by atoms with van der Waals surface area (Å²) in [6.45, 7) is 2.03. The van der Waals surface area contributed by atoms with Crippen LogP contribution >= 0.6 is 23.6 Å². The van der Waals surface area contributed by atoms with Crippen molar-refractivity contribution in [2.24, 2.45) is 5.73 Å². The smallest absolute Gasteiger partial charge is 0.240 e. The fraction of sp³-hybridized carbons (Fsp3) is 0.231. The molecule has 0 amide bonds. The Bertz CT molecular complexity index is 740. The highest BCUT2D eigenvalue weighted by Crippen LogP contribution is 2.17. The Morgan fingerprint density at radius 3 is 2.86 bits per heavy atom. The van der Waals surface area contributed by atoms with Gasteiger partial charge in [0.2, 0.25) is 10.0 Å². The second-order valence-corrected chi connectivity index (χ2v) is 7.57. The summed E-state index contributed by atoms with van der Waals surface area (Å²) in [5, 5.41) is 2.76. The van der Waals surface area contributed by atoms with Gasteiger partial charge < -0.3 is 5.73 Å². The Balaban J connectivity index is 2.15. The predicted molar refractivity (Wildman–Crippen MR) is 88.1 cm³/mol. The van der Waals surface area contributed by atoms with Gasteiger partial charge in [-0.1, -0.05) is 24.4 Å². The number of aryl methyl sites for hydroxylation is 1. The van der Waals surface area contributed by atoms with Crippen molar-refractivity contribution in [2.75, 3.05) is 6.54 Å². The first-order valence-electron chi connectivity index (χ1n) is 6.18. The SMILES string of the molecule is Cc1ccc(C(N)=S)cc1S(=O)(=O)NCCc1nccs1. The van der Waals surface area contributed by atoms with Crippen LogP contribution in [0.2, 0.25) is 0 Å². The van der Waals surface area contributed by atoms with Gasteiger partial charge in [-0.2, -0.15) is 0 Å². The molecule has 0 aliphatic heterocycles. The van der Waals surface area contributed by atoms with E-state index in [4.69, 9.17) is 18.0 Å². The number of thiocarbonyl (C=S) groups is 1. The number of nitrogens with zero attached hydrogens (tertiary/aromatic N) is 1. The van der Waals surface area contributed by atoms with E-state index in [-0.39, 0.29) is 9.88 Å². The zero-order valence-corrected chi connectivity index (χ0v) is 13.8. The first kappa shape index (κ1) is 16.0. The number of hydrogen-bond acceptors (Lipinski definition) is 5. The van der Waals surface area contributed by atoms with E-state index in [2.05, 4.69) is 9.71 Å². The maximum absolute atomic E-state index is 12.3. The van der Waals surface area contributed by atoms with Crippen LogP contribution in [0, 0.1) is 6.92 Å². The molecule has 1 aromatic carbocycles. The van der Waals surface area contributed by atoms with E-state index in [9.17, 15) is 8.42 Å². The van der Waals surface area contributed by atoms with Crippen LogP contribution in [0.3, 0.4) is 0 Å². The Hall–Kier alpha value is -1.35. The van der Waals surface area contributed by atoms with Crippen molar-refractivity contribution in [3.63, 3.8) is 0 Å². The van der Waals surface area contributed by atoms with Gasteiger partial charge in [-0.05, 0) is 18.6 Å². The normalized spacial score (nSPS) is 11.5. The topological polar surface area (TPSA) is 85.1 Å². The highest BCUT2D eigenvalue weighted by atomic mass is 32.2. The molecular formula is C13H15N3O2S3. The van der Waals surface area contributed by atoms with Crippen molar-refractivity contribution in [3.05, 3.63) is 45.9 Å². The second-order valence-electron chi connectivity index (χ2n) is 4.42. The zero-order chi connectivity index (χ0) is 15.5. The van der Waals surface area contributed by atoms with Crippen LogP contribution in [-0.4, -0.2) is 24.9 Å². The number of aromatic nitrogens is 1. The molecule has 0 saturated carbocycles. The Morgan fingerprint density at radius 1 is 1.48 bits per heavy atom. The van der Waals surface area contributed by atoms with Gasteiger partial charge in [-0.15, -0.1) is 11.3 Å². The largest absolute Gasteiger partial charge is 0.389 e. The van der Waals surface area contributed by atoms with Crippen molar-refractivity contribution in [2.45, 2.75) is 18.2 Å². The molecule has 0 fully saturated rings. The predicted octanol–water partition coefficient (Wildman–Crippen LogP) is 1.61. The minimum atomic E-state index is -3.59. The lowest BCUT2D eigenvalue weighted by Gasteiger charge is -2.10. The van der Waals surface area contributed by atoms with Crippen LogP contribution in [0.15, 0.2) is 34.7 Å². The van der Waals surface area contributed by atoms with Gasteiger partial charge in [0.05, 0.1) is 9.90 Å². The number of hydrogen-bond donors (Lipinski definition) is 2. The molecule has 0 aliphatic carbocycles. The zero-order valence-electron chi connectivity index (χ0n) is 11.4. The molecule has 112 valence electrons. The van der Waals surface area contributed by atoms with E-state index >= 15 is 0 Å². The van der Waals surface area contributed by atoms with E-state index in [1.807, 2.05) is 5.38 Å². The maximum atomic E-state index is 12.3. The Labute approximate surface area is 133 Å². The summed E-state index contributed by atoms with van der Waals surface area (Å²) in [5.74, 6) is 0. The molecule has 0 spiro atoms. The number of sulfonamides is 1. The number of rotatable bonds is 6. The molecule has 0 radical (unpaired) electrons. The minimum absolute atomic E-state index is 0.175. The van der Waals surface area contributed by atoms with Gasteiger partial charge in [0, 0.05) is 30.1 Å². The number of nitrogens with two attached hydrogens (primary N) is 1. The molecule has 2 rings (SSSR count). The van der Waals surface area contributed by atoms with Crippen molar-refractivity contribution < 1.29 is 8.42 Å². The molecule has 2 aromatic rings. The summed E-state index contributed by atoms with van der Waals surface area (Å²) < 4.78 is 27.3. The molecular weight excluding hydrogens is 326 g/mol. The lowest BCUT2D eigenvalue weighted by atomic mass is 10.1. The molecule has 0 saturated heterocycles. The molecule has 8 heteroatoms. The van der Waals surface area contributed by atoms with E-state index in [0.29, 0.717) is 24.1 Å². The third kappa shape index (κ3) is 4.07. The van der Waals surface area contributed by atoms with Gasteiger partial charge in [0.15, 0.2) is 0 Å². The van der Waals surface area contributed by atoms with E-state index in [0.717, 1.165) is 5.01 Å². The van der Waals surface area contributed by atoms with Gasteiger partial charge in [-0.3, -0.25) is 0 Å². The van der Waals surface area contributed by atoms with Gasteiger partial charge in [0.25, 0.3) is 0 Å². The van der Waals surface area contributed by atoms with Crippen molar-refractivity contribution in [3.8, 4) is 0 Å². The lowest BCUT2D eigenvalue weighted by Crippen LogP contribution is -2.27. The monoisotopic (exact) mass is 341 g/mol. The average molecular weight is 341 g/mol. The van der Waals surface area contributed by atoms with E-state index in [1.54, 1.807) is 25.3 Å². The molecule has 5 nitrogen and oxygen atoms in total. The Kier molecular flexibility index (Phi) is 5.04. The van der Waals surface area contributed by atoms with Crippen LogP contribution < -0.4 is 10.5 Å². The third-order valence-electron chi connectivity index (χ3n) is 2.88. The van der Waals surface area contributed by atoms with Gasteiger partial charge in [0.1, 0.15) is 4.99 Å². The summed E-state index contributed by atoms with van der Waals surface area (Å²) in [4.78, 5) is 4.49. The fourth-order valence-electron chi connectivity index (χ4n) is 1.79. The Morgan fingerprint density at radius 2 is 2.24 bits per heavy atom. The number of thiazole rings is 1. The summed E-state index contributed by atoms with van der Waals surface area (Å²) in [7, 11) is -3.59. The fourth-order valence-corrected chi connectivity index (χ4v) is 3.84. The molecule has 21 heavy (non-hydrogen) atoms. The quantitative estimate of drug-likeness (QED) is 0.780. The molecule has 0 aliphatic rings. The molecule has 3 N–H and O–H groups in total. The van der Waals surface area contributed by atoms with Crippen LogP contribution in [0.1, 0.15) is 16.1 Å². The van der Waals surface area contributed by atoms with Gasteiger partial charge >= 0.3 is 0 Å². The van der Waals surface area contributed by atoms with Crippen LogP contribution in [-0.2, 0) is 16.4 Å². The standard InChI is InChI=1S/C13H15N3O2S3/c1-9-2-3-10(13(14)19)8-11(9)21(17,18)16-5-4-12-15-6-7-20-12/h2-3,6-8,16H,4-5H2,1H3,(H2,14,19). The highest BCUT2D eigenvalue weighted by molar-refractivity contribution is 7.89. The summed E-state index contributed by atoms with van der Waals surface area (Å²) in [6.07, 6.45) is 2.26. The summed E-state index contributed by atoms with van der Waals surface area (Å²) in [5.41, 5.74) is 6.74. The van der Waals surface area contributed by atoms with Crippen LogP contribution in [0.4, 0.5) is 0 Å². The third-order valence-corrected chi connectivity index (χ3v) is 5.55. The second kappa shape index (κ2) is 6.61. The van der Waals surface area contributed by atoms with Gasteiger partial charge in [-0.25, -0.2) is 18.1 Å². The first-order valence-corrected chi connectivity index (χ1v) is 8.96. The number of benzene rings is 1.